The average Bonchev–Trinajstić information content (AvgIpc) is 2.30. The zero-order chi connectivity index (χ0) is 12.8. The molecule has 0 heterocycles. The van der Waals surface area contributed by atoms with Crippen LogP contribution in [0.4, 0.5) is 0 Å². The second kappa shape index (κ2) is 6.50. The van der Waals surface area contributed by atoms with E-state index in [1.165, 1.54) is 6.07 Å². The lowest BCUT2D eigenvalue weighted by Gasteiger charge is -2.13. The normalized spacial score (nSPS) is 12.2. The van der Waals surface area contributed by atoms with Crippen LogP contribution in [0.15, 0.2) is 18.2 Å². The average molecular weight is 256 g/mol. The van der Waals surface area contributed by atoms with Gasteiger partial charge < -0.3 is 10.4 Å². The molecular weight excluding hydrogens is 238 g/mol. The fourth-order valence-corrected chi connectivity index (χ4v) is 1.71. The predicted molar refractivity (Wildman–Crippen MR) is 69.7 cm³/mol. The largest absolute Gasteiger partial charge is 0.508 e. The monoisotopic (exact) mass is 255 g/mol. The van der Waals surface area contributed by atoms with Crippen molar-refractivity contribution in [3.8, 4) is 5.75 Å². The minimum atomic E-state index is -0.116. The SMILES string of the molecule is Cc1cc(C(=O)NC(C)CCCCl)ccc1O. The predicted octanol–water partition coefficient (Wildman–Crippen LogP) is 2.84. The Balaban J connectivity index is 2.60. The van der Waals surface area contributed by atoms with Crippen molar-refractivity contribution in [1.29, 1.82) is 0 Å². The number of benzene rings is 1. The second-order valence-electron chi connectivity index (χ2n) is 4.21. The van der Waals surface area contributed by atoms with Gasteiger partial charge in [0, 0.05) is 17.5 Å². The molecule has 94 valence electrons. The number of aromatic hydroxyl groups is 1. The molecule has 1 atom stereocenters. The molecule has 0 saturated carbocycles. The molecular formula is C13H18ClNO2. The van der Waals surface area contributed by atoms with Crippen LogP contribution in [0.25, 0.3) is 0 Å². The van der Waals surface area contributed by atoms with Crippen LogP contribution in [0.5, 0.6) is 5.75 Å². The van der Waals surface area contributed by atoms with Crippen molar-refractivity contribution in [2.75, 3.05) is 5.88 Å². The summed E-state index contributed by atoms with van der Waals surface area (Å²) in [5.74, 6) is 0.699. The summed E-state index contributed by atoms with van der Waals surface area (Å²) in [6.07, 6.45) is 1.75. The van der Waals surface area contributed by atoms with E-state index in [1.807, 2.05) is 6.92 Å². The van der Waals surface area contributed by atoms with E-state index in [2.05, 4.69) is 5.32 Å². The van der Waals surface area contributed by atoms with Gasteiger partial charge in [-0.25, -0.2) is 0 Å². The third-order valence-electron chi connectivity index (χ3n) is 2.61. The minimum absolute atomic E-state index is 0.107. The molecule has 1 aromatic rings. The first kappa shape index (κ1) is 13.8. The van der Waals surface area contributed by atoms with Crippen molar-refractivity contribution in [3.05, 3.63) is 29.3 Å². The molecule has 0 aliphatic heterocycles. The van der Waals surface area contributed by atoms with E-state index in [-0.39, 0.29) is 17.7 Å². The van der Waals surface area contributed by atoms with Crippen molar-refractivity contribution in [2.45, 2.75) is 32.7 Å². The molecule has 0 aromatic heterocycles. The van der Waals surface area contributed by atoms with Crippen molar-refractivity contribution < 1.29 is 9.90 Å². The van der Waals surface area contributed by atoms with E-state index in [1.54, 1.807) is 19.1 Å². The highest BCUT2D eigenvalue weighted by Gasteiger charge is 2.10. The van der Waals surface area contributed by atoms with Crippen LogP contribution in [0.2, 0.25) is 0 Å². The van der Waals surface area contributed by atoms with E-state index in [0.29, 0.717) is 17.0 Å². The molecule has 0 saturated heterocycles. The molecule has 3 nitrogen and oxygen atoms in total. The molecule has 17 heavy (non-hydrogen) atoms. The second-order valence-corrected chi connectivity index (χ2v) is 4.58. The van der Waals surface area contributed by atoms with Gasteiger partial charge >= 0.3 is 0 Å². The van der Waals surface area contributed by atoms with Crippen molar-refractivity contribution in [1.82, 2.24) is 5.32 Å². The van der Waals surface area contributed by atoms with E-state index in [9.17, 15) is 9.90 Å². The lowest BCUT2D eigenvalue weighted by Crippen LogP contribution is -2.32. The lowest BCUT2D eigenvalue weighted by molar-refractivity contribution is 0.0938. The number of rotatable bonds is 5. The van der Waals surface area contributed by atoms with Gasteiger partial charge in [-0.3, -0.25) is 4.79 Å². The Bertz CT molecular complexity index is 393. The van der Waals surface area contributed by atoms with Crippen LogP contribution >= 0.6 is 11.6 Å². The highest BCUT2D eigenvalue weighted by atomic mass is 35.5. The quantitative estimate of drug-likeness (QED) is 0.795. The minimum Gasteiger partial charge on any atom is -0.508 e. The van der Waals surface area contributed by atoms with Gasteiger partial charge in [0.15, 0.2) is 0 Å². The number of aryl methyl sites for hydroxylation is 1. The molecule has 1 aromatic carbocycles. The van der Waals surface area contributed by atoms with Gasteiger partial charge in [0.25, 0.3) is 5.91 Å². The van der Waals surface area contributed by atoms with Crippen LogP contribution in [-0.2, 0) is 0 Å². The third kappa shape index (κ3) is 4.27. The molecule has 0 aliphatic carbocycles. The number of hydrogen-bond acceptors (Lipinski definition) is 2. The summed E-state index contributed by atoms with van der Waals surface area (Å²) in [6.45, 7) is 3.72. The summed E-state index contributed by atoms with van der Waals surface area (Å²) >= 11 is 5.60. The summed E-state index contributed by atoms with van der Waals surface area (Å²) in [4.78, 5) is 11.9. The number of nitrogens with one attached hydrogen (secondary N) is 1. The summed E-state index contributed by atoms with van der Waals surface area (Å²) in [5.41, 5.74) is 1.27. The molecule has 0 radical (unpaired) electrons. The number of carbonyl (C=O) groups is 1. The number of halogens is 1. The first-order chi connectivity index (χ1) is 8.04. The summed E-state index contributed by atoms with van der Waals surface area (Å²) in [7, 11) is 0. The number of phenolic OH excluding ortho intramolecular Hbond substituents is 1. The van der Waals surface area contributed by atoms with Gasteiger partial charge in [0.2, 0.25) is 0 Å². The first-order valence-corrected chi connectivity index (χ1v) is 6.24. The summed E-state index contributed by atoms with van der Waals surface area (Å²) in [5, 5.41) is 12.3. The Morgan fingerprint density at radius 1 is 1.53 bits per heavy atom. The smallest absolute Gasteiger partial charge is 0.251 e. The Morgan fingerprint density at radius 3 is 2.82 bits per heavy atom. The molecule has 0 bridgehead atoms. The van der Waals surface area contributed by atoms with Crippen LogP contribution in [-0.4, -0.2) is 22.9 Å². The van der Waals surface area contributed by atoms with Crippen LogP contribution in [0.3, 0.4) is 0 Å². The van der Waals surface area contributed by atoms with Gasteiger partial charge in [-0.15, -0.1) is 11.6 Å². The summed E-state index contributed by atoms with van der Waals surface area (Å²) in [6, 6.07) is 4.94. The zero-order valence-corrected chi connectivity index (χ0v) is 10.9. The first-order valence-electron chi connectivity index (χ1n) is 5.71. The molecule has 0 spiro atoms. The van der Waals surface area contributed by atoms with E-state index < -0.39 is 0 Å². The van der Waals surface area contributed by atoms with E-state index in [0.717, 1.165) is 12.8 Å². The Hall–Kier alpha value is -1.22. The zero-order valence-electron chi connectivity index (χ0n) is 10.2. The fourth-order valence-electron chi connectivity index (χ4n) is 1.56. The maximum Gasteiger partial charge on any atom is 0.251 e. The van der Waals surface area contributed by atoms with E-state index in [4.69, 9.17) is 11.6 Å². The number of amides is 1. The highest BCUT2D eigenvalue weighted by Crippen LogP contribution is 2.17. The van der Waals surface area contributed by atoms with Gasteiger partial charge in [-0.05, 0) is 50.5 Å². The van der Waals surface area contributed by atoms with Crippen LogP contribution in [0.1, 0.15) is 35.7 Å². The van der Waals surface area contributed by atoms with Gasteiger partial charge in [-0.1, -0.05) is 0 Å². The molecule has 1 amide bonds. The number of carbonyl (C=O) groups excluding carboxylic acids is 1. The van der Waals surface area contributed by atoms with Crippen LogP contribution in [0, 0.1) is 6.92 Å². The molecule has 0 fully saturated rings. The maximum absolute atomic E-state index is 11.9. The number of hydrogen-bond donors (Lipinski definition) is 2. The van der Waals surface area contributed by atoms with Crippen LogP contribution < -0.4 is 5.32 Å². The topological polar surface area (TPSA) is 49.3 Å². The number of alkyl halides is 1. The molecule has 1 rings (SSSR count). The standard InChI is InChI=1S/C13H18ClNO2/c1-9-8-11(5-6-12(9)16)13(17)15-10(2)4-3-7-14/h5-6,8,10,16H,3-4,7H2,1-2H3,(H,15,17). The molecule has 0 aliphatic rings. The van der Waals surface area contributed by atoms with Gasteiger partial charge in [-0.2, -0.15) is 0 Å². The third-order valence-corrected chi connectivity index (χ3v) is 2.87. The van der Waals surface area contributed by atoms with Crippen molar-refractivity contribution >= 4 is 17.5 Å². The highest BCUT2D eigenvalue weighted by molar-refractivity contribution is 6.17. The maximum atomic E-state index is 11.9. The lowest BCUT2D eigenvalue weighted by atomic mass is 10.1. The Kier molecular flexibility index (Phi) is 5.29. The van der Waals surface area contributed by atoms with Crippen molar-refractivity contribution in [3.63, 3.8) is 0 Å². The molecule has 4 heteroatoms. The molecule has 2 N–H and O–H groups in total. The van der Waals surface area contributed by atoms with Gasteiger partial charge in [0.1, 0.15) is 5.75 Å². The van der Waals surface area contributed by atoms with Gasteiger partial charge in [0.05, 0.1) is 0 Å². The number of phenols is 1. The Morgan fingerprint density at radius 2 is 2.24 bits per heavy atom. The van der Waals surface area contributed by atoms with Crippen molar-refractivity contribution in [2.24, 2.45) is 0 Å². The summed E-state index contributed by atoms with van der Waals surface area (Å²) < 4.78 is 0. The van der Waals surface area contributed by atoms with E-state index >= 15 is 0 Å². The molecule has 1 unspecified atom stereocenters. The fraction of sp³-hybridized carbons (Fsp3) is 0.462. The Labute approximate surface area is 107 Å².